The van der Waals surface area contributed by atoms with Gasteiger partial charge in [-0.3, -0.25) is 14.0 Å². The molecule has 3 heterocycles. The Kier molecular flexibility index (Phi) is 5.47. The summed E-state index contributed by atoms with van der Waals surface area (Å²) in [6.07, 6.45) is 6.79. The van der Waals surface area contributed by atoms with Crippen molar-refractivity contribution in [1.29, 1.82) is 0 Å². The van der Waals surface area contributed by atoms with Crippen molar-refractivity contribution in [3.63, 3.8) is 0 Å². The summed E-state index contributed by atoms with van der Waals surface area (Å²) < 4.78 is 27.2. The smallest absolute Gasteiger partial charge is 0.256 e. The van der Waals surface area contributed by atoms with Crippen LogP contribution < -0.4 is 5.73 Å². The van der Waals surface area contributed by atoms with E-state index in [0.717, 1.165) is 19.1 Å². The van der Waals surface area contributed by atoms with Crippen molar-refractivity contribution in [2.75, 3.05) is 12.0 Å². The summed E-state index contributed by atoms with van der Waals surface area (Å²) in [5, 5.41) is 0. The van der Waals surface area contributed by atoms with Gasteiger partial charge in [-0.1, -0.05) is 13.8 Å². The third kappa shape index (κ3) is 4.09. The number of aromatic nitrogens is 3. The second-order valence-corrected chi connectivity index (χ2v) is 12.1. The molecule has 1 amide bonds. The molecule has 5 rings (SSSR count). The van der Waals surface area contributed by atoms with E-state index in [2.05, 4.69) is 9.97 Å². The lowest BCUT2D eigenvalue weighted by Gasteiger charge is -2.24. The number of anilines is 1. The molecule has 1 aliphatic carbocycles. The highest BCUT2D eigenvalue weighted by Crippen LogP contribution is 2.41. The zero-order valence-electron chi connectivity index (χ0n) is 20.3. The lowest BCUT2D eigenvalue weighted by atomic mass is 10.0. The van der Waals surface area contributed by atoms with Crippen LogP contribution in [-0.4, -0.2) is 51.7 Å². The predicted octanol–water partition coefficient (Wildman–Crippen LogP) is 3.37. The normalized spacial score (nSPS) is 16.8. The lowest BCUT2D eigenvalue weighted by molar-refractivity contribution is 0.0694. The molecule has 1 fully saturated rings. The van der Waals surface area contributed by atoms with Crippen LogP contribution in [0.2, 0.25) is 0 Å². The van der Waals surface area contributed by atoms with Crippen LogP contribution in [0.1, 0.15) is 66.4 Å². The number of rotatable bonds is 7. The average Bonchev–Trinajstić information content (AvgIpc) is 3.45. The van der Waals surface area contributed by atoms with Crippen LogP contribution in [-0.2, 0) is 16.4 Å². The van der Waals surface area contributed by atoms with Crippen LogP contribution in [0.4, 0.5) is 5.82 Å². The van der Waals surface area contributed by atoms with Crippen molar-refractivity contribution < 1.29 is 18.0 Å². The maximum absolute atomic E-state index is 13.3. The van der Waals surface area contributed by atoms with Gasteiger partial charge in [0.15, 0.2) is 27.1 Å². The molecule has 1 aromatic carbocycles. The number of fused-ring (bicyclic) bond motifs is 2. The average molecular weight is 496 g/mol. The molecular weight excluding hydrogens is 466 g/mol. The topological polar surface area (TPSA) is 128 Å². The van der Waals surface area contributed by atoms with Gasteiger partial charge in [0.25, 0.3) is 5.91 Å². The Balaban J connectivity index is 1.65. The highest BCUT2D eigenvalue weighted by molar-refractivity contribution is 7.90. The molecule has 2 N–H and O–H groups in total. The van der Waals surface area contributed by atoms with E-state index in [4.69, 9.17) is 5.73 Å². The van der Waals surface area contributed by atoms with Gasteiger partial charge in [0.05, 0.1) is 22.3 Å². The first kappa shape index (κ1) is 23.5. The second-order valence-electron chi connectivity index (χ2n) is 10.2. The van der Waals surface area contributed by atoms with Gasteiger partial charge >= 0.3 is 0 Å². The molecule has 1 saturated carbocycles. The van der Waals surface area contributed by atoms with Gasteiger partial charge < -0.3 is 10.6 Å². The molecule has 0 bridgehead atoms. The Labute approximate surface area is 204 Å². The van der Waals surface area contributed by atoms with Crippen LogP contribution in [0.15, 0.2) is 29.4 Å². The fourth-order valence-electron chi connectivity index (χ4n) is 4.88. The summed E-state index contributed by atoms with van der Waals surface area (Å²) in [5.41, 5.74) is 8.81. The van der Waals surface area contributed by atoms with Gasteiger partial charge in [-0.2, -0.15) is 0 Å². The van der Waals surface area contributed by atoms with Crippen LogP contribution >= 0.6 is 0 Å². The van der Waals surface area contributed by atoms with Crippen molar-refractivity contribution >= 4 is 33.0 Å². The number of amides is 1. The predicted molar refractivity (Wildman–Crippen MR) is 132 cm³/mol. The van der Waals surface area contributed by atoms with Crippen molar-refractivity contribution in [2.24, 2.45) is 11.8 Å². The quantitative estimate of drug-likeness (QED) is 0.498. The van der Waals surface area contributed by atoms with E-state index in [1.807, 2.05) is 26.8 Å². The molecule has 1 atom stereocenters. The zero-order valence-corrected chi connectivity index (χ0v) is 21.1. The van der Waals surface area contributed by atoms with E-state index in [-0.39, 0.29) is 45.6 Å². The maximum Gasteiger partial charge on any atom is 0.256 e. The largest absolute Gasteiger partial charge is 0.381 e. The van der Waals surface area contributed by atoms with Crippen LogP contribution in [0.25, 0.3) is 16.9 Å². The summed E-state index contributed by atoms with van der Waals surface area (Å²) in [7, 11) is -3.69. The summed E-state index contributed by atoms with van der Waals surface area (Å²) in [4.78, 5) is 36.4. The van der Waals surface area contributed by atoms with Gasteiger partial charge in [-0.15, -0.1) is 0 Å². The number of benzene rings is 1. The van der Waals surface area contributed by atoms with Gasteiger partial charge in [-0.05, 0) is 49.3 Å². The number of nitrogens with zero attached hydrogens (tertiary/aromatic N) is 4. The molecule has 1 aliphatic heterocycles. The third-order valence-corrected chi connectivity index (χ3v) is 8.01. The zero-order chi connectivity index (χ0) is 25.2. The number of carbonyl (C=O) groups excluding carboxylic acids is 2. The van der Waals surface area contributed by atoms with Crippen LogP contribution in [0.5, 0.6) is 0 Å². The number of hydrogen-bond donors (Lipinski definition) is 1. The molecule has 9 nitrogen and oxygen atoms in total. The molecule has 0 spiro atoms. The number of ketones is 1. The van der Waals surface area contributed by atoms with E-state index in [1.165, 1.54) is 6.07 Å². The number of hydrogen-bond acceptors (Lipinski definition) is 7. The summed E-state index contributed by atoms with van der Waals surface area (Å²) in [6.45, 7) is 6.29. The molecule has 10 heteroatoms. The molecule has 0 saturated heterocycles. The van der Waals surface area contributed by atoms with Gasteiger partial charge in [0.2, 0.25) is 0 Å². The Bertz CT molecular complexity index is 1490. The van der Waals surface area contributed by atoms with Gasteiger partial charge in [-0.25, -0.2) is 18.4 Å². The number of imidazole rings is 1. The van der Waals surface area contributed by atoms with E-state index in [1.54, 1.807) is 21.7 Å². The minimum atomic E-state index is -3.69. The Morgan fingerprint density at radius 1 is 1.23 bits per heavy atom. The number of Topliss-reactive ketones (excluding diaryl/α,β-unsaturated/α-hetero) is 1. The molecule has 0 radical (unpaired) electrons. The standard InChI is InChI=1S/C25H29N5O4S/c1-13(2)7-20(31)18-12-30-19(10-27-24(30)23(26)28-18)16-8-17-11-29(14(3)15-5-6-15)25(32)22(17)21(9-16)35(4,33)34/h8-10,12-15H,5-7,11H2,1-4H3,(H2,26,28)/t14-/m0/s1. The molecule has 2 aromatic heterocycles. The number of sulfone groups is 1. The SMILES string of the molecule is CC(C)CC(=O)c1cn2c(-c3cc4c(c(S(C)(=O)=O)c3)C(=O)N([C@@H](C)C3CC3)C4)cnc2c(N)n1. The third-order valence-electron chi connectivity index (χ3n) is 6.89. The number of nitrogens with two attached hydrogens (primary N) is 1. The highest BCUT2D eigenvalue weighted by Gasteiger charge is 2.41. The number of carbonyl (C=O) groups is 2. The molecule has 0 unspecified atom stereocenters. The summed E-state index contributed by atoms with van der Waals surface area (Å²) in [5.74, 6) is 0.380. The van der Waals surface area contributed by atoms with Crippen molar-refractivity contribution in [2.45, 2.75) is 57.5 Å². The minimum Gasteiger partial charge on any atom is -0.381 e. The molecule has 184 valence electrons. The van der Waals surface area contributed by atoms with Crippen molar-refractivity contribution in [1.82, 2.24) is 19.3 Å². The van der Waals surface area contributed by atoms with E-state index in [0.29, 0.717) is 41.4 Å². The Morgan fingerprint density at radius 3 is 2.57 bits per heavy atom. The minimum absolute atomic E-state index is 0.00795. The Morgan fingerprint density at radius 2 is 1.94 bits per heavy atom. The van der Waals surface area contributed by atoms with E-state index in [9.17, 15) is 18.0 Å². The first-order valence-electron chi connectivity index (χ1n) is 11.8. The lowest BCUT2D eigenvalue weighted by Crippen LogP contribution is -2.35. The van der Waals surface area contributed by atoms with Crippen molar-refractivity contribution in [3.8, 4) is 11.3 Å². The first-order chi connectivity index (χ1) is 16.5. The molecular formula is C25H29N5O4S. The summed E-state index contributed by atoms with van der Waals surface area (Å²) in [6, 6.07) is 3.42. The van der Waals surface area contributed by atoms with Crippen LogP contribution in [0.3, 0.4) is 0 Å². The molecule has 3 aromatic rings. The van der Waals surface area contributed by atoms with Gasteiger partial charge in [0, 0.05) is 37.0 Å². The molecule has 35 heavy (non-hydrogen) atoms. The maximum atomic E-state index is 13.3. The first-order valence-corrected chi connectivity index (χ1v) is 13.7. The van der Waals surface area contributed by atoms with Gasteiger partial charge in [0.1, 0.15) is 5.69 Å². The fraction of sp³-hybridized carbons (Fsp3) is 0.440. The molecule has 2 aliphatic rings. The monoisotopic (exact) mass is 495 g/mol. The number of nitrogen functional groups attached to an aromatic ring is 1. The highest BCUT2D eigenvalue weighted by atomic mass is 32.2. The van der Waals surface area contributed by atoms with Crippen molar-refractivity contribution in [3.05, 3.63) is 41.3 Å². The van der Waals surface area contributed by atoms with Crippen LogP contribution in [0, 0.1) is 11.8 Å². The Hall–Kier alpha value is -3.27. The van der Waals surface area contributed by atoms with E-state index < -0.39 is 9.84 Å². The second kappa shape index (κ2) is 8.15. The van der Waals surface area contributed by atoms with E-state index >= 15 is 0 Å². The fourth-order valence-corrected chi connectivity index (χ4v) is 5.81. The summed E-state index contributed by atoms with van der Waals surface area (Å²) >= 11 is 0.